The summed E-state index contributed by atoms with van der Waals surface area (Å²) < 4.78 is 6.12. The summed E-state index contributed by atoms with van der Waals surface area (Å²) >= 11 is 0. The van der Waals surface area contributed by atoms with E-state index >= 15 is 0 Å². The smallest absolute Gasteiger partial charge is 0.0720 e. The maximum Gasteiger partial charge on any atom is 0.0720 e. The van der Waals surface area contributed by atoms with Gasteiger partial charge >= 0.3 is 0 Å². The Morgan fingerprint density at radius 3 is 2.50 bits per heavy atom. The van der Waals surface area contributed by atoms with Gasteiger partial charge in [0.1, 0.15) is 0 Å². The van der Waals surface area contributed by atoms with Crippen molar-refractivity contribution in [2.45, 2.75) is 44.6 Å². The Balaban J connectivity index is 1.60. The van der Waals surface area contributed by atoms with E-state index in [1.807, 2.05) is 0 Å². The van der Waals surface area contributed by atoms with Gasteiger partial charge in [-0.25, -0.2) is 0 Å². The number of fused-ring (bicyclic) bond motifs is 1. The van der Waals surface area contributed by atoms with Crippen LogP contribution in [0.5, 0.6) is 0 Å². The van der Waals surface area contributed by atoms with Crippen molar-refractivity contribution >= 4 is 0 Å². The minimum Gasteiger partial charge on any atom is -0.375 e. The molecule has 2 heteroatoms. The Hall–Kier alpha value is -1.64. The molecule has 2 aromatic carbocycles. The van der Waals surface area contributed by atoms with E-state index in [9.17, 15) is 0 Å². The molecule has 138 valence electrons. The largest absolute Gasteiger partial charge is 0.375 e. The van der Waals surface area contributed by atoms with Crippen LogP contribution in [0.2, 0.25) is 0 Å². The molecular formula is C24H31NO. The van der Waals surface area contributed by atoms with Gasteiger partial charge in [-0.3, -0.25) is 0 Å². The molecule has 2 heterocycles. The molecule has 1 saturated heterocycles. The molecule has 4 rings (SSSR count). The van der Waals surface area contributed by atoms with E-state index in [1.54, 1.807) is 0 Å². The van der Waals surface area contributed by atoms with Crippen molar-refractivity contribution in [3.05, 3.63) is 71.3 Å². The molecule has 0 N–H and O–H groups in total. The van der Waals surface area contributed by atoms with E-state index in [0.717, 1.165) is 32.1 Å². The first kappa shape index (κ1) is 17.8. The molecule has 26 heavy (non-hydrogen) atoms. The van der Waals surface area contributed by atoms with Crippen LogP contribution in [0.25, 0.3) is 0 Å². The molecular weight excluding hydrogens is 318 g/mol. The van der Waals surface area contributed by atoms with Crippen molar-refractivity contribution in [1.29, 1.82) is 0 Å². The molecule has 2 nitrogen and oxygen atoms in total. The fraction of sp³-hybridized carbons (Fsp3) is 0.500. The summed E-state index contributed by atoms with van der Waals surface area (Å²) in [5, 5.41) is 0. The van der Waals surface area contributed by atoms with Gasteiger partial charge in [0.2, 0.25) is 0 Å². The minimum atomic E-state index is -0.0162. The SMILES string of the molecule is CCC1CCN(CCC2(c3ccccc3)COCc3ccccc32)CC1. The molecule has 0 amide bonds. The number of ether oxygens (including phenoxy) is 1. The van der Waals surface area contributed by atoms with E-state index in [-0.39, 0.29) is 5.41 Å². The molecule has 0 spiro atoms. The van der Waals surface area contributed by atoms with E-state index < -0.39 is 0 Å². The highest BCUT2D eigenvalue weighted by molar-refractivity contribution is 5.45. The Bertz CT molecular complexity index is 705. The van der Waals surface area contributed by atoms with Crippen LogP contribution in [0.4, 0.5) is 0 Å². The second-order valence-electron chi connectivity index (χ2n) is 8.04. The first-order valence-electron chi connectivity index (χ1n) is 10.3. The third kappa shape index (κ3) is 3.45. The Morgan fingerprint density at radius 2 is 1.73 bits per heavy atom. The van der Waals surface area contributed by atoms with Crippen LogP contribution < -0.4 is 0 Å². The molecule has 1 unspecified atom stereocenters. The summed E-state index contributed by atoms with van der Waals surface area (Å²) in [7, 11) is 0. The number of rotatable bonds is 5. The van der Waals surface area contributed by atoms with Gasteiger partial charge in [0.25, 0.3) is 0 Å². The van der Waals surface area contributed by atoms with Gasteiger partial charge in [-0.15, -0.1) is 0 Å². The lowest BCUT2D eigenvalue weighted by Crippen LogP contribution is -2.42. The van der Waals surface area contributed by atoms with Gasteiger partial charge < -0.3 is 9.64 Å². The van der Waals surface area contributed by atoms with Gasteiger partial charge in [-0.05, 0) is 61.5 Å². The van der Waals surface area contributed by atoms with Crippen molar-refractivity contribution in [2.75, 3.05) is 26.2 Å². The summed E-state index contributed by atoms with van der Waals surface area (Å²) in [6.45, 7) is 7.54. The molecule has 0 bridgehead atoms. The number of hydrogen-bond donors (Lipinski definition) is 0. The first-order chi connectivity index (χ1) is 12.8. The van der Waals surface area contributed by atoms with Crippen LogP contribution in [0.3, 0.4) is 0 Å². The number of likely N-dealkylation sites (tertiary alicyclic amines) is 1. The van der Waals surface area contributed by atoms with Crippen molar-refractivity contribution in [3.8, 4) is 0 Å². The molecule has 2 aromatic rings. The molecule has 2 aliphatic rings. The zero-order valence-electron chi connectivity index (χ0n) is 16.0. The van der Waals surface area contributed by atoms with E-state index in [0.29, 0.717) is 0 Å². The molecule has 1 fully saturated rings. The van der Waals surface area contributed by atoms with Crippen LogP contribution in [0.15, 0.2) is 54.6 Å². The number of piperidine rings is 1. The molecule has 0 radical (unpaired) electrons. The van der Waals surface area contributed by atoms with Gasteiger partial charge in [0.05, 0.1) is 13.2 Å². The van der Waals surface area contributed by atoms with Crippen LogP contribution >= 0.6 is 0 Å². The van der Waals surface area contributed by atoms with Crippen LogP contribution in [0.1, 0.15) is 49.3 Å². The average Bonchev–Trinajstić information content (AvgIpc) is 2.73. The van der Waals surface area contributed by atoms with Crippen molar-refractivity contribution in [2.24, 2.45) is 5.92 Å². The maximum atomic E-state index is 6.12. The predicted octanol–water partition coefficient (Wildman–Crippen LogP) is 5.02. The zero-order valence-corrected chi connectivity index (χ0v) is 16.0. The summed E-state index contributed by atoms with van der Waals surface area (Å²) in [6, 6.07) is 19.9. The second-order valence-corrected chi connectivity index (χ2v) is 8.04. The summed E-state index contributed by atoms with van der Waals surface area (Å²) in [5.41, 5.74) is 4.21. The normalized spacial score (nSPS) is 24.3. The number of nitrogens with zero attached hydrogens (tertiary/aromatic N) is 1. The van der Waals surface area contributed by atoms with Crippen LogP contribution in [-0.4, -0.2) is 31.1 Å². The lowest BCUT2D eigenvalue weighted by Gasteiger charge is -2.41. The first-order valence-corrected chi connectivity index (χ1v) is 10.3. The minimum absolute atomic E-state index is 0.0162. The summed E-state index contributed by atoms with van der Waals surface area (Å²) in [6.07, 6.45) is 5.19. The lowest BCUT2D eigenvalue weighted by atomic mass is 9.70. The molecule has 2 aliphatic heterocycles. The van der Waals surface area contributed by atoms with Crippen molar-refractivity contribution in [1.82, 2.24) is 4.90 Å². The second kappa shape index (κ2) is 7.94. The summed E-state index contributed by atoms with van der Waals surface area (Å²) in [4.78, 5) is 2.67. The van der Waals surface area contributed by atoms with Crippen molar-refractivity contribution < 1.29 is 4.74 Å². The zero-order chi connectivity index (χ0) is 17.8. The third-order valence-corrected chi connectivity index (χ3v) is 6.60. The molecule has 0 aromatic heterocycles. The predicted molar refractivity (Wildman–Crippen MR) is 107 cm³/mol. The standard InChI is InChI=1S/C24H31NO/c1-2-20-12-15-25(16-13-20)17-14-24(22-9-4-3-5-10-22)19-26-18-21-8-6-7-11-23(21)24/h3-11,20H,2,12-19H2,1H3. The van der Waals surface area contributed by atoms with Crippen LogP contribution in [0, 0.1) is 5.92 Å². The molecule has 0 saturated carbocycles. The third-order valence-electron chi connectivity index (χ3n) is 6.60. The maximum absolute atomic E-state index is 6.12. The van der Waals surface area contributed by atoms with Crippen LogP contribution in [-0.2, 0) is 16.8 Å². The fourth-order valence-electron chi connectivity index (χ4n) is 4.84. The summed E-state index contributed by atoms with van der Waals surface area (Å²) in [5.74, 6) is 0.938. The Kier molecular flexibility index (Phi) is 5.42. The Labute approximate surface area is 158 Å². The number of hydrogen-bond acceptors (Lipinski definition) is 2. The van der Waals surface area contributed by atoms with Gasteiger partial charge in [0, 0.05) is 5.41 Å². The van der Waals surface area contributed by atoms with Crippen molar-refractivity contribution in [3.63, 3.8) is 0 Å². The highest BCUT2D eigenvalue weighted by Crippen LogP contribution is 2.41. The number of benzene rings is 2. The fourth-order valence-corrected chi connectivity index (χ4v) is 4.84. The monoisotopic (exact) mass is 349 g/mol. The van der Waals surface area contributed by atoms with E-state index in [4.69, 9.17) is 4.74 Å². The average molecular weight is 350 g/mol. The molecule has 0 aliphatic carbocycles. The highest BCUT2D eigenvalue weighted by atomic mass is 16.5. The van der Waals surface area contributed by atoms with Gasteiger partial charge in [-0.1, -0.05) is 67.9 Å². The van der Waals surface area contributed by atoms with Gasteiger partial charge in [-0.2, -0.15) is 0 Å². The van der Waals surface area contributed by atoms with Gasteiger partial charge in [0.15, 0.2) is 0 Å². The molecule has 1 atom stereocenters. The van der Waals surface area contributed by atoms with E-state index in [2.05, 4.69) is 66.4 Å². The quantitative estimate of drug-likeness (QED) is 0.752. The lowest BCUT2D eigenvalue weighted by molar-refractivity contribution is 0.0552. The van der Waals surface area contributed by atoms with E-state index in [1.165, 1.54) is 49.0 Å². The topological polar surface area (TPSA) is 12.5 Å². The Morgan fingerprint density at radius 1 is 1.00 bits per heavy atom. The highest BCUT2D eigenvalue weighted by Gasteiger charge is 2.39.